The molecule has 0 unspecified atom stereocenters. The van der Waals surface area contributed by atoms with Crippen LogP contribution >= 0.6 is 0 Å². The first-order valence-corrected chi connectivity index (χ1v) is 5.97. The molecule has 0 aliphatic rings. The van der Waals surface area contributed by atoms with Gasteiger partial charge >= 0.3 is 0 Å². The fourth-order valence-electron chi connectivity index (χ4n) is 2.19. The van der Waals surface area contributed by atoms with Crippen LogP contribution in [-0.2, 0) is 6.54 Å². The quantitative estimate of drug-likeness (QED) is 0.815. The molecule has 90 valence electrons. The van der Waals surface area contributed by atoms with Gasteiger partial charge in [0.15, 0.2) is 0 Å². The van der Waals surface area contributed by atoms with Crippen molar-refractivity contribution in [1.29, 1.82) is 5.26 Å². The highest BCUT2D eigenvalue weighted by atomic mass is 15.1. The van der Waals surface area contributed by atoms with E-state index in [0.29, 0.717) is 0 Å². The van der Waals surface area contributed by atoms with E-state index >= 15 is 0 Å². The molecule has 0 aliphatic carbocycles. The average molecular weight is 236 g/mol. The molecule has 0 bridgehead atoms. The molecule has 2 aromatic carbocycles. The zero-order valence-electron chi connectivity index (χ0n) is 10.7. The molecule has 0 atom stereocenters. The van der Waals surface area contributed by atoms with Gasteiger partial charge in [-0.25, -0.2) is 0 Å². The van der Waals surface area contributed by atoms with Gasteiger partial charge in [-0.15, -0.1) is 0 Å². The van der Waals surface area contributed by atoms with E-state index in [1.165, 1.54) is 5.56 Å². The highest BCUT2D eigenvalue weighted by molar-refractivity contribution is 5.63. The van der Waals surface area contributed by atoms with E-state index in [-0.39, 0.29) is 0 Å². The number of anilines is 1. The first kappa shape index (κ1) is 12.2. The van der Waals surface area contributed by atoms with E-state index in [9.17, 15) is 5.26 Å². The smallest absolute Gasteiger partial charge is 0.101 e. The Kier molecular flexibility index (Phi) is 3.64. The summed E-state index contributed by atoms with van der Waals surface area (Å²) in [5.41, 5.74) is 4.12. The zero-order valence-corrected chi connectivity index (χ0v) is 10.7. The maximum Gasteiger partial charge on any atom is 0.101 e. The van der Waals surface area contributed by atoms with Gasteiger partial charge in [-0.2, -0.15) is 5.26 Å². The van der Waals surface area contributed by atoms with Gasteiger partial charge in [0, 0.05) is 13.6 Å². The summed E-state index contributed by atoms with van der Waals surface area (Å²) in [5, 5.41) is 9.18. The minimum Gasteiger partial charge on any atom is -0.369 e. The summed E-state index contributed by atoms with van der Waals surface area (Å²) in [7, 11) is 2.02. The van der Waals surface area contributed by atoms with Crippen molar-refractivity contribution in [2.45, 2.75) is 13.5 Å². The van der Waals surface area contributed by atoms with Gasteiger partial charge in [-0.1, -0.05) is 42.5 Å². The minimum atomic E-state index is 0.730. The largest absolute Gasteiger partial charge is 0.369 e. The third kappa shape index (κ3) is 2.52. The van der Waals surface area contributed by atoms with Crippen LogP contribution in [0.1, 0.15) is 16.7 Å². The van der Waals surface area contributed by atoms with E-state index in [1.807, 2.05) is 50.4 Å². The predicted octanol–water partition coefficient (Wildman–Crippen LogP) is 3.50. The third-order valence-corrected chi connectivity index (χ3v) is 3.00. The third-order valence-electron chi connectivity index (χ3n) is 3.00. The van der Waals surface area contributed by atoms with E-state index in [1.54, 1.807) is 0 Å². The maximum atomic E-state index is 9.18. The van der Waals surface area contributed by atoms with Gasteiger partial charge < -0.3 is 4.90 Å². The summed E-state index contributed by atoms with van der Waals surface area (Å²) >= 11 is 0. The summed E-state index contributed by atoms with van der Waals surface area (Å²) in [6.45, 7) is 2.85. The molecule has 2 rings (SSSR count). The Hall–Kier alpha value is -2.27. The van der Waals surface area contributed by atoms with Gasteiger partial charge in [0.1, 0.15) is 6.07 Å². The van der Waals surface area contributed by atoms with Gasteiger partial charge in [0.05, 0.1) is 11.3 Å². The van der Waals surface area contributed by atoms with Gasteiger partial charge in [-0.3, -0.25) is 0 Å². The fraction of sp³-hybridized carbons (Fsp3) is 0.188. The lowest BCUT2D eigenvalue weighted by Crippen LogP contribution is -2.18. The Morgan fingerprint density at radius 2 is 1.78 bits per heavy atom. The number of nitriles is 1. The maximum absolute atomic E-state index is 9.18. The second kappa shape index (κ2) is 5.37. The van der Waals surface area contributed by atoms with Crippen molar-refractivity contribution in [2.24, 2.45) is 0 Å². The highest BCUT2D eigenvalue weighted by Crippen LogP contribution is 2.24. The number of aryl methyl sites for hydroxylation is 1. The molecule has 2 heteroatoms. The van der Waals surface area contributed by atoms with Crippen LogP contribution in [0.4, 0.5) is 5.69 Å². The van der Waals surface area contributed by atoms with Crippen LogP contribution in [0.2, 0.25) is 0 Å². The molecule has 18 heavy (non-hydrogen) atoms. The van der Waals surface area contributed by atoms with Crippen molar-refractivity contribution in [2.75, 3.05) is 11.9 Å². The SMILES string of the molecule is Cc1cccc(C#N)c1N(C)Cc1ccccc1. The van der Waals surface area contributed by atoms with Crippen LogP contribution in [-0.4, -0.2) is 7.05 Å². The lowest BCUT2D eigenvalue weighted by atomic mass is 10.1. The molecule has 0 saturated heterocycles. The normalized spacial score (nSPS) is 9.83. The molecular weight excluding hydrogens is 220 g/mol. The van der Waals surface area contributed by atoms with Crippen LogP contribution in [0.5, 0.6) is 0 Å². The number of nitrogens with zero attached hydrogens (tertiary/aromatic N) is 2. The van der Waals surface area contributed by atoms with Crippen molar-refractivity contribution in [1.82, 2.24) is 0 Å². The Labute approximate surface area is 108 Å². The number of hydrogen-bond donors (Lipinski definition) is 0. The van der Waals surface area contributed by atoms with Crippen molar-refractivity contribution in [3.8, 4) is 6.07 Å². The molecule has 0 spiro atoms. The van der Waals surface area contributed by atoms with E-state index < -0.39 is 0 Å². The summed E-state index contributed by atoms with van der Waals surface area (Å²) in [4.78, 5) is 2.13. The lowest BCUT2D eigenvalue weighted by Gasteiger charge is -2.22. The highest BCUT2D eigenvalue weighted by Gasteiger charge is 2.10. The second-order valence-electron chi connectivity index (χ2n) is 4.42. The van der Waals surface area contributed by atoms with Gasteiger partial charge in [-0.05, 0) is 24.1 Å². The van der Waals surface area contributed by atoms with E-state index in [2.05, 4.69) is 23.1 Å². The first-order chi connectivity index (χ1) is 8.72. The molecule has 0 radical (unpaired) electrons. The molecule has 2 aromatic rings. The Balaban J connectivity index is 2.30. The number of hydrogen-bond acceptors (Lipinski definition) is 2. The molecule has 0 fully saturated rings. The molecule has 0 aromatic heterocycles. The monoisotopic (exact) mass is 236 g/mol. The van der Waals surface area contributed by atoms with Crippen LogP contribution < -0.4 is 4.90 Å². The zero-order chi connectivity index (χ0) is 13.0. The summed E-state index contributed by atoms with van der Waals surface area (Å²) in [6.07, 6.45) is 0. The Morgan fingerprint density at radius 1 is 1.06 bits per heavy atom. The Morgan fingerprint density at radius 3 is 2.44 bits per heavy atom. The van der Waals surface area contributed by atoms with Crippen molar-refractivity contribution in [3.63, 3.8) is 0 Å². The predicted molar refractivity (Wildman–Crippen MR) is 74.4 cm³/mol. The van der Waals surface area contributed by atoms with Crippen LogP contribution in [0.15, 0.2) is 48.5 Å². The standard InChI is InChI=1S/C16H16N2/c1-13-7-6-10-15(11-17)16(13)18(2)12-14-8-4-3-5-9-14/h3-10H,12H2,1-2H3. The number of rotatable bonds is 3. The molecule has 0 N–H and O–H groups in total. The van der Waals surface area contributed by atoms with Crippen LogP contribution in [0.3, 0.4) is 0 Å². The van der Waals surface area contributed by atoms with Gasteiger partial charge in [0.25, 0.3) is 0 Å². The molecule has 2 nitrogen and oxygen atoms in total. The Bertz CT molecular complexity index is 567. The molecule has 0 amide bonds. The van der Waals surface area contributed by atoms with Crippen molar-refractivity contribution >= 4 is 5.69 Å². The second-order valence-corrected chi connectivity index (χ2v) is 4.42. The molecule has 0 heterocycles. The molecule has 0 saturated carbocycles. The van der Waals surface area contributed by atoms with Crippen LogP contribution in [0, 0.1) is 18.3 Å². The number of benzene rings is 2. The van der Waals surface area contributed by atoms with Crippen molar-refractivity contribution < 1.29 is 0 Å². The summed E-state index contributed by atoms with van der Waals surface area (Å²) in [6, 6.07) is 18.4. The van der Waals surface area contributed by atoms with E-state index in [0.717, 1.165) is 23.4 Å². The first-order valence-electron chi connectivity index (χ1n) is 5.97. The summed E-state index contributed by atoms with van der Waals surface area (Å²) in [5.74, 6) is 0. The minimum absolute atomic E-state index is 0.730. The summed E-state index contributed by atoms with van der Waals surface area (Å²) < 4.78 is 0. The average Bonchev–Trinajstić information content (AvgIpc) is 2.39. The lowest BCUT2D eigenvalue weighted by molar-refractivity contribution is 0.915. The fourth-order valence-corrected chi connectivity index (χ4v) is 2.19. The number of para-hydroxylation sites is 1. The molecule has 0 aliphatic heterocycles. The topological polar surface area (TPSA) is 27.0 Å². The van der Waals surface area contributed by atoms with E-state index in [4.69, 9.17) is 0 Å². The molecular formula is C16H16N2. The van der Waals surface area contributed by atoms with Crippen LogP contribution in [0.25, 0.3) is 0 Å². The van der Waals surface area contributed by atoms with Gasteiger partial charge in [0.2, 0.25) is 0 Å². The van der Waals surface area contributed by atoms with Crippen molar-refractivity contribution in [3.05, 3.63) is 65.2 Å².